The van der Waals surface area contributed by atoms with Gasteiger partial charge in [0.05, 0.1) is 11.1 Å². The summed E-state index contributed by atoms with van der Waals surface area (Å²) < 4.78 is 0. The molecule has 8 aromatic rings. The molecule has 2 aliphatic heterocycles. The van der Waals surface area contributed by atoms with E-state index in [4.69, 9.17) is 0 Å². The van der Waals surface area contributed by atoms with Gasteiger partial charge in [-0.05, 0) is 216 Å². The highest BCUT2D eigenvalue weighted by molar-refractivity contribution is 6.24. The Hall–Kier alpha value is -5.60. The molecule has 12 rings (SSSR count). The molecular formula is C60H60N2. The molecule has 8 aromatic carbocycles. The number of rotatable bonds is 4. The van der Waals surface area contributed by atoms with Gasteiger partial charge in [0.2, 0.25) is 0 Å². The first kappa shape index (κ1) is 38.1. The Bertz CT molecular complexity index is 2860. The number of para-hydroxylation sites is 2. The van der Waals surface area contributed by atoms with Crippen LogP contribution in [0, 0.1) is 27.7 Å². The highest BCUT2D eigenvalue weighted by Crippen LogP contribution is 2.64. The van der Waals surface area contributed by atoms with Crippen molar-refractivity contribution in [3.63, 3.8) is 0 Å². The first-order valence-electron chi connectivity index (χ1n) is 23.6. The molecule has 2 fully saturated rings. The average molecular weight is 809 g/mol. The molecule has 4 unspecified atom stereocenters. The van der Waals surface area contributed by atoms with E-state index in [0.717, 1.165) is 0 Å². The van der Waals surface area contributed by atoms with Gasteiger partial charge in [0.1, 0.15) is 0 Å². The van der Waals surface area contributed by atoms with E-state index in [1.807, 2.05) is 0 Å². The summed E-state index contributed by atoms with van der Waals surface area (Å²) in [4.78, 5) is 5.47. The van der Waals surface area contributed by atoms with Gasteiger partial charge >= 0.3 is 0 Å². The summed E-state index contributed by atoms with van der Waals surface area (Å²) in [5.41, 5.74) is 19.9. The Labute approximate surface area is 368 Å². The fourth-order valence-electron chi connectivity index (χ4n) is 14.0. The number of hydrogen-bond donors (Lipinski definition) is 0. The number of nitrogens with zero attached hydrogens (tertiary/aromatic N) is 2. The second-order valence-electron chi connectivity index (χ2n) is 20.8. The molecule has 2 nitrogen and oxygen atoms in total. The summed E-state index contributed by atoms with van der Waals surface area (Å²) in [6, 6.07) is 47.2. The lowest BCUT2D eigenvalue weighted by Crippen LogP contribution is -2.54. The van der Waals surface area contributed by atoms with Crippen LogP contribution in [0.15, 0.2) is 121 Å². The smallest absolute Gasteiger partial charge is 0.0518 e. The van der Waals surface area contributed by atoms with Crippen molar-refractivity contribution in [2.24, 2.45) is 0 Å². The summed E-state index contributed by atoms with van der Waals surface area (Å²) in [6.45, 7) is 19.7. The van der Waals surface area contributed by atoms with Gasteiger partial charge in [0.25, 0.3) is 0 Å². The van der Waals surface area contributed by atoms with Gasteiger partial charge in [0.15, 0.2) is 0 Å². The molecule has 0 bridgehead atoms. The molecule has 0 saturated heterocycles. The minimum absolute atomic E-state index is 0.0327. The molecule has 62 heavy (non-hydrogen) atoms. The first-order chi connectivity index (χ1) is 29.9. The molecule has 310 valence electrons. The van der Waals surface area contributed by atoms with Gasteiger partial charge in [-0.2, -0.15) is 0 Å². The molecule has 0 spiro atoms. The van der Waals surface area contributed by atoms with Crippen LogP contribution in [-0.2, 0) is 10.8 Å². The lowest BCUT2D eigenvalue weighted by molar-refractivity contribution is 0.195. The minimum atomic E-state index is 0.0327. The van der Waals surface area contributed by atoms with Gasteiger partial charge in [-0.1, -0.05) is 100 Å². The maximum Gasteiger partial charge on any atom is 0.0518 e. The van der Waals surface area contributed by atoms with Crippen LogP contribution >= 0.6 is 0 Å². The summed E-state index contributed by atoms with van der Waals surface area (Å²) in [5.74, 6) is 0. The van der Waals surface area contributed by atoms with E-state index in [9.17, 15) is 0 Å². The van der Waals surface area contributed by atoms with Crippen molar-refractivity contribution < 1.29 is 0 Å². The number of hydrogen-bond acceptors (Lipinski definition) is 2. The molecule has 0 radical (unpaired) electrons. The van der Waals surface area contributed by atoms with Gasteiger partial charge in [-0.3, -0.25) is 0 Å². The largest absolute Gasteiger partial charge is 0.334 e. The Morgan fingerprint density at radius 3 is 1.08 bits per heavy atom. The molecule has 2 aliphatic carbocycles. The fraction of sp³-hybridized carbons (Fsp3) is 0.333. The lowest BCUT2D eigenvalue weighted by Gasteiger charge is -2.50. The quantitative estimate of drug-likeness (QED) is 0.163. The van der Waals surface area contributed by atoms with E-state index in [-0.39, 0.29) is 21.9 Å². The zero-order chi connectivity index (χ0) is 42.5. The third-order valence-electron chi connectivity index (χ3n) is 18.1. The maximum absolute atomic E-state index is 2.74. The van der Waals surface area contributed by atoms with E-state index in [1.54, 1.807) is 0 Å². The third kappa shape index (κ3) is 4.77. The molecule has 0 amide bonds. The van der Waals surface area contributed by atoms with Crippen LogP contribution in [0.4, 0.5) is 22.7 Å². The van der Waals surface area contributed by atoms with Gasteiger partial charge < -0.3 is 9.80 Å². The Morgan fingerprint density at radius 2 is 0.726 bits per heavy atom. The maximum atomic E-state index is 2.74. The topological polar surface area (TPSA) is 6.48 Å². The van der Waals surface area contributed by atoms with Crippen LogP contribution in [0.25, 0.3) is 54.6 Å². The lowest BCUT2D eigenvalue weighted by atomic mass is 9.61. The van der Waals surface area contributed by atoms with Crippen LogP contribution in [0.5, 0.6) is 0 Å². The zero-order valence-electron chi connectivity index (χ0n) is 38.1. The zero-order valence-corrected chi connectivity index (χ0v) is 38.1. The summed E-state index contributed by atoms with van der Waals surface area (Å²) in [6.07, 6.45) is 10.0. The van der Waals surface area contributed by atoms with Gasteiger partial charge in [-0.25, -0.2) is 0 Å². The fourth-order valence-corrected chi connectivity index (χ4v) is 14.0. The molecule has 4 aliphatic rings. The highest BCUT2D eigenvalue weighted by atomic mass is 15.3. The van der Waals surface area contributed by atoms with E-state index >= 15 is 0 Å². The van der Waals surface area contributed by atoms with E-state index in [0.29, 0.717) is 0 Å². The number of benzene rings is 8. The molecule has 2 saturated carbocycles. The summed E-state index contributed by atoms with van der Waals surface area (Å²) in [5, 5.41) is 8.09. The van der Waals surface area contributed by atoms with Crippen molar-refractivity contribution in [1.29, 1.82) is 0 Å². The number of fused-ring (bicyclic) bond motifs is 6. The standard InChI is InChI=1S/C60H60N2/c1-37-39(3)55-51(57(5)27-15-17-29-59(57,7)61(55)47-19-11-9-12-20-47)35-49(37)45-31-41-23-25-43-33-46(34-44-26-24-42(32-45)53(41)54(43)44)50-36-52-56(40(4)38(50)2)62(48-21-13-10-14-22-48)60(8)30-18-16-28-58(52,60)6/h9-14,19-26,31-36H,15-18,27-30H2,1-8H3. The molecule has 0 N–H and O–H groups in total. The van der Waals surface area contributed by atoms with E-state index in [2.05, 4.69) is 187 Å². The van der Waals surface area contributed by atoms with Crippen LogP contribution in [-0.4, -0.2) is 11.1 Å². The van der Waals surface area contributed by atoms with E-state index in [1.165, 1.54) is 162 Å². The summed E-state index contributed by atoms with van der Waals surface area (Å²) in [7, 11) is 0. The number of anilines is 4. The summed E-state index contributed by atoms with van der Waals surface area (Å²) >= 11 is 0. The third-order valence-corrected chi connectivity index (χ3v) is 18.1. The minimum Gasteiger partial charge on any atom is -0.334 e. The van der Waals surface area contributed by atoms with Crippen molar-refractivity contribution in [2.75, 3.05) is 9.80 Å². The van der Waals surface area contributed by atoms with Crippen molar-refractivity contribution in [3.8, 4) is 22.3 Å². The predicted molar refractivity (Wildman–Crippen MR) is 266 cm³/mol. The molecule has 2 heteroatoms. The van der Waals surface area contributed by atoms with Crippen molar-refractivity contribution in [2.45, 2.75) is 129 Å². The highest BCUT2D eigenvalue weighted by Gasteiger charge is 2.59. The average Bonchev–Trinajstić information content (AvgIpc) is 3.63. The monoisotopic (exact) mass is 808 g/mol. The molecule has 2 heterocycles. The van der Waals surface area contributed by atoms with Crippen molar-refractivity contribution in [3.05, 3.63) is 155 Å². The molecule has 4 atom stereocenters. The molecular weight excluding hydrogens is 749 g/mol. The van der Waals surface area contributed by atoms with Crippen LogP contribution in [0.3, 0.4) is 0 Å². The van der Waals surface area contributed by atoms with Crippen molar-refractivity contribution >= 4 is 55.1 Å². The predicted octanol–water partition coefficient (Wildman–Crippen LogP) is 16.6. The van der Waals surface area contributed by atoms with Crippen molar-refractivity contribution in [1.82, 2.24) is 0 Å². The van der Waals surface area contributed by atoms with Gasteiger partial charge in [0, 0.05) is 33.6 Å². The Balaban J connectivity index is 0.994. The van der Waals surface area contributed by atoms with Crippen LogP contribution in [0.1, 0.15) is 112 Å². The van der Waals surface area contributed by atoms with Crippen LogP contribution in [0.2, 0.25) is 0 Å². The molecule has 0 aromatic heterocycles. The Kier molecular flexibility index (Phi) is 7.98. The normalized spacial score (nSPS) is 25.4. The second kappa shape index (κ2) is 13.0. The Morgan fingerprint density at radius 1 is 0.387 bits per heavy atom. The van der Waals surface area contributed by atoms with Crippen LogP contribution < -0.4 is 9.80 Å². The van der Waals surface area contributed by atoms with E-state index < -0.39 is 0 Å². The second-order valence-corrected chi connectivity index (χ2v) is 20.8. The SMILES string of the molecule is Cc1c(-c2cc3ccc4cc(-c5cc6c(c(C)c5C)N(c5ccccc5)C5(C)CCCCC65C)cc5ccc(c2)c3c45)cc2c(c1C)N(c1ccccc1)C1(C)CCCCC21C. The first-order valence-corrected chi connectivity index (χ1v) is 23.6. The van der Waals surface area contributed by atoms with Gasteiger partial charge in [-0.15, -0.1) is 0 Å².